The molecule has 5 nitrogen and oxygen atoms in total. The van der Waals surface area contributed by atoms with Crippen molar-refractivity contribution >= 4 is 11.6 Å². The van der Waals surface area contributed by atoms with E-state index in [4.69, 9.17) is 0 Å². The molecule has 0 unspecified atom stereocenters. The quantitative estimate of drug-likeness (QED) is 0.808. The smallest absolute Gasteiger partial charge is 0.261 e. The molecule has 0 saturated heterocycles. The summed E-state index contributed by atoms with van der Waals surface area (Å²) in [6.45, 7) is 1.74. The lowest BCUT2D eigenvalue weighted by atomic mass is 10.2. The minimum Gasteiger partial charge on any atom is -0.322 e. The van der Waals surface area contributed by atoms with E-state index in [0.29, 0.717) is 22.6 Å². The van der Waals surface area contributed by atoms with Crippen LogP contribution in [0, 0.1) is 12.7 Å². The molecule has 0 atom stereocenters. The van der Waals surface area contributed by atoms with Gasteiger partial charge in [0.05, 0.1) is 6.20 Å². The minimum absolute atomic E-state index is 0.286. The highest BCUT2D eigenvalue weighted by molar-refractivity contribution is 6.06. The Morgan fingerprint density at radius 2 is 2.00 bits per heavy atom. The number of anilines is 1. The van der Waals surface area contributed by atoms with Crippen LogP contribution in [0.1, 0.15) is 15.9 Å². The maximum absolute atomic E-state index is 13.1. The Kier molecular flexibility index (Phi) is 3.50. The summed E-state index contributed by atoms with van der Waals surface area (Å²) in [7, 11) is 1.77. The Morgan fingerprint density at radius 1 is 1.27 bits per heavy atom. The predicted octanol–water partition coefficient (Wildman–Crippen LogP) is 2.91. The fourth-order valence-electron chi connectivity index (χ4n) is 2.33. The van der Waals surface area contributed by atoms with Crippen LogP contribution in [0.3, 0.4) is 0 Å². The summed E-state index contributed by atoms with van der Waals surface area (Å²) in [5.74, 6) is 0.0543. The number of rotatable bonds is 3. The van der Waals surface area contributed by atoms with Crippen LogP contribution in [0.5, 0.6) is 0 Å². The first-order valence-corrected chi connectivity index (χ1v) is 6.79. The molecule has 0 bridgehead atoms. The topological polar surface area (TPSA) is 51.9 Å². The summed E-state index contributed by atoms with van der Waals surface area (Å²) in [6, 6.07) is 8.00. The van der Waals surface area contributed by atoms with E-state index >= 15 is 0 Å². The van der Waals surface area contributed by atoms with Crippen LogP contribution in [0.2, 0.25) is 0 Å². The van der Waals surface area contributed by atoms with E-state index in [-0.39, 0.29) is 11.7 Å². The summed E-state index contributed by atoms with van der Waals surface area (Å²) in [5, 5.41) is 6.94. The van der Waals surface area contributed by atoms with E-state index in [0.717, 1.165) is 0 Å². The first-order chi connectivity index (χ1) is 10.6. The van der Waals surface area contributed by atoms with E-state index in [1.54, 1.807) is 24.7 Å². The zero-order valence-electron chi connectivity index (χ0n) is 12.2. The van der Waals surface area contributed by atoms with Crippen molar-refractivity contribution in [1.82, 2.24) is 14.3 Å². The normalized spacial score (nSPS) is 10.7. The van der Waals surface area contributed by atoms with Crippen molar-refractivity contribution in [2.24, 2.45) is 7.05 Å². The molecular formula is C16H15FN4O. The van der Waals surface area contributed by atoms with Gasteiger partial charge >= 0.3 is 0 Å². The van der Waals surface area contributed by atoms with Crippen LogP contribution in [0.4, 0.5) is 10.1 Å². The number of hydrogen-bond acceptors (Lipinski definition) is 2. The van der Waals surface area contributed by atoms with Crippen LogP contribution in [0.25, 0.3) is 5.82 Å². The second-order valence-corrected chi connectivity index (χ2v) is 5.01. The molecule has 2 heterocycles. The Labute approximate surface area is 127 Å². The van der Waals surface area contributed by atoms with Gasteiger partial charge in [0, 0.05) is 25.1 Å². The Morgan fingerprint density at radius 3 is 2.68 bits per heavy atom. The van der Waals surface area contributed by atoms with Crippen molar-refractivity contribution in [3.8, 4) is 5.82 Å². The van der Waals surface area contributed by atoms with Crippen LogP contribution in [-0.4, -0.2) is 20.3 Å². The van der Waals surface area contributed by atoms with Gasteiger partial charge in [-0.25, -0.2) is 4.39 Å². The van der Waals surface area contributed by atoms with Crippen LogP contribution >= 0.6 is 0 Å². The number of carbonyl (C=O) groups excluding carboxylic acids is 1. The van der Waals surface area contributed by atoms with E-state index < -0.39 is 0 Å². The highest BCUT2D eigenvalue weighted by Gasteiger charge is 2.18. The second kappa shape index (κ2) is 5.48. The largest absolute Gasteiger partial charge is 0.322 e. The van der Waals surface area contributed by atoms with Gasteiger partial charge in [-0.1, -0.05) is 0 Å². The lowest BCUT2D eigenvalue weighted by Crippen LogP contribution is -2.15. The summed E-state index contributed by atoms with van der Waals surface area (Å²) in [5.41, 5.74) is 1.69. The Bertz CT molecular complexity index is 821. The molecule has 6 heteroatoms. The highest BCUT2D eigenvalue weighted by Crippen LogP contribution is 2.19. The standard InChI is InChI=1S/C16H15FN4O/c1-11-9-12(17)5-6-14(11)19-15(22)13-10-18-20(2)16(13)21-7-3-4-8-21/h3-10H,1-2H3,(H,19,22). The number of aryl methyl sites for hydroxylation is 2. The number of halogens is 1. The van der Waals surface area contributed by atoms with E-state index in [2.05, 4.69) is 10.4 Å². The Balaban J connectivity index is 1.93. The van der Waals surface area contributed by atoms with Crippen molar-refractivity contribution in [1.29, 1.82) is 0 Å². The van der Waals surface area contributed by atoms with Gasteiger partial charge in [-0.15, -0.1) is 0 Å². The zero-order chi connectivity index (χ0) is 15.7. The fraction of sp³-hybridized carbons (Fsp3) is 0.125. The number of nitrogens with one attached hydrogen (secondary N) is 1. The number of aromatic nitrogens is 3. The third kappa shape index (κ3) is 2.50. The molecule has 0 aliphatic carbocycles. The van der Waals surface area contributed by atoms with Crippen LogP contribution < -0.4 is 5.32 Å². The highest BCUT2D eigenvalue weighted by atomic mass is 19.1. The lowest BCUT2D eigenvalue weighted by Gasteiger charge is -2.10. The van der Waals surface area contributed by atoms with Crippen molar-refractivity contribution in [2.75, 3.05) is 5.32 Å². The monoisotopic (exact) mass is 298 g/mol. The third-order valence-electron chi connectivity index (χ3n) is 3.44. The molecule has 0 aliphatic rings. The summed E-state index contributed by atoms with van der Waals surface area (Å²) < 4.78 is 16.6. The van der Waals surface area contributed by atoms with Gasteiger partial charge in [0.15, 0.2) is 0 Å². The molecule has 0 radical (unpaired) electrons. The molecule has 22 heavy (non-hydrogen) atoms. The number of amides is 1. The van der Waals surface area contributed by atoms with Gasteiger partial charge in [-0.05, 0) is 42.8 Å². The van der Waals surface area contributed by atoms with Crippen molar-refractivity contribution in [3.05, 3.63) is 65.9 Å². The number of nitrogens with zero attached hydrogens (tertiary/aromatic N) is 3. The van der Waals surface area contributed by atoms with Crippen molar-refractivity contribution in [3.63, 3.8) is 0 Å². The molecule has 3 rings (SSSR count). The fourth-order valence-corrected chi connectivity index (χ4v) is 2.33. The second-order valence-electron chi connectivity index (χ2n) is 5.01. The Hall–Kier alpha value is -2.89. The van der Waals surface area contributed by atoms with Crippen LogP contribution in [0.15, 0.2) is 48.9 Å². The molecule has 1 N–H and O–H groups in total. The zero-order valence-corrected chi connectivity index (χ0v) is 12.2. The minimum atomic E-state index is -0.329. The van der Waals surface area contributed by atoms with Gasteiger partial charge < -0.3 is 9.88 Å². The number of benzene rings is 1. The molecule has 1 aromatic carbocycles. The summed E-state index contributed by atoms with van der Waals surface area (Å²) in [6.07, 6.45) is 5.21. The molecule has 112 valence electrons. The first-order valence-electron chi connectivity index (χ1n) is 6.79. The predicted molar refractivity (Wildman–Crippen MR) is 81.6 cm³/mol. The SMILES string of the molecule is Cc1cc(F)ccc1NC(=O)c1cnn(C)c1-n1cccc1. The molecule has 0 fully saturated rings. The summed E-state index contributed by atoms with van der Waals surface area (Å²) in [4.78, 5) is 12.5. The van der Waals surface area contributed by atoms with E-state index in [9.17, 15) is 9.18 Å². The number of carbonyl (C=O) groups is 1. The molecule has 0 spiro atoms. The first kappa shape index (κ1) is 14.1. The van der Waals surface area contributed by atoms with Gasteiger partial charge in [-0.3, -0.25) is 9.48 Å². The maximum atomic E-state index is 13.1. The third-order valence-corrected chi connectivity index (χ3v) is 3.44. The molecular weight excluding hydrogens is 283 g/mol. The van der Waals surface area contributed by atoms with E-state index in [1.807, 2.05) is 29.1 Å². The molecule has 0 saturated carbocycles. The molecule has 3 aromatic rings. The molecule has 2 aromatic heterocycles. The summed E-state index contributed by atoms with van der Waals surface area (Å²) >= 11 is 0. The average molecular weight is 298 g/mol. The van der Waals surface area contributed by atoms with Crippen molar-refractivity contribution in [2.45, 2.75) is 6.92 Å². The van der Waals surface area contributed by atoms with Gasteiger partial charge in [0.25, 0.3) is 5.91 Å². The van der Waals surface area contributed by atoms with Crippen molar-refractivity contribution < 1.29 is 9.18 Å². The van der Waals surface area contributed by atoms with Crippen LogP contribution in [-0.2, 0) is 7.05 Å². The maximum Gasteiger partial charge on any atom is 0.261 e. The average Bonchev–Trinajstić information content (AvgIpc) is 3.10. The number of hydrogen-bond donors (Lipinski definition) is 1. The van der Waals surface area contributed by atoms with Gasteiger partial charge in [-0.2, -0.15) is 5.10 Å². The van der Waals surface area contributed by atoms with E-state index in [1.165, 1.54) is 18.3 Å². The van der Waals surface area contributed by atoms with Gasteiger partial charge in [0.2, 0.25) is 0 Å². The molecule has 0 aliphatic heterocycles. The molecule has 1 amide bonds. The van der Waals surface area contributed by atoms with Gasteiger partial charge in [0.1, 0.15) is 17.2 Å². The lowest BCUT2D eigenvalue weighted by molar-refractivity contribution is 0.102.